The van der Waals surface area contributed by atoms with Crippen molar-refractivity contribution in [3.05, 3.63) is 66.1 Å². The Hall–Kier alpha value is -3.55. The summed E-state index contributed by atoms with van der Waals surface area (Å²) in [7, 11) is 3.67. The van der Waals surface area contributed by atoms with Gasteiger partial charge in [-0.05, 0) is 23.8 Å². The lowest BCUT2D eigenvalue weighted by Gasteiger charge is -2.13. The number of aryl methyl sites for hydroxylation is 2. The number of hydrogen-bond donors (Lipinski definition) is 0. The fourth-order valence-corrected chi connectivity index (χ4v) is 3.58. The van der Waals surface area contributed by atoms with Crippen molar-refractivity contribution in [1.82, 2.24) is 34.2 Å². The molecule has 28 heavy (non-hydrogen) atoms. The minimum absolute atomic E-state index is 0.226. The van der Waals surface area contributed by atoms with Gasteiger partial charge in [0.15, 0.2) is 5.65 Å². The summed E-state index contributed by atoms with van der Waals surface area (Å²) in [5.41, 5.74) is 4.61. The summed E-state index contributed by atoms with van der Waals surface area (Å²) in [6.45, 7) is 1.96. The molecule has 0 N–H and O–H groups in total. The summed E-state index contributed by atoms with van der Waals surface area (Å²) >= 11 is 0. The lowest BCUT2D eigenvalue weighted by molar-refractivity contribution is 0.599. The number of nitrogens with zero attached hydrogens (tertiary/aromatic N) is 7. The van der Waals surface area contributed by atoms with Gasteiger partial charge in [0.25, 0.3) is 0 Å². The average molecular weight is 375 g/mol. The molecule has 5 aromatic rings. The van der Waals surface area contributed by atoms with Crippen molar-refractivity contribution < 1.29 is 4.39 Å². The molecule has 1 atom stereocenters. The van der Waals surface area contributed by atoms with E-state index in [0.717, 1.165) is 33.5 Å². The maximum atomic E-state index is 14.9. The summed E-state index contributed by atoms with van der Waals surface area (Å²) in [4.78, 5) is 4.44. The third-order valence-electron chi connectivity index (χ3n) is 5.16. The molecule has 8 heteroatoms. The number of benzene rings is 1. The van der Waals surface area contributed by atoms with Gasteiger partial charge in [0, 0.05) is 43.2 Å². The highest BCUT2D eigenvalue weighted by Crippen LogP contribution is 2.30. The van der Waals surface area contributed by atoms with E-state index in [9.17, 15) is 4.39 Å². The molecule has 0 saturated carbocycles. The zero-order chi connectivity index (χ0) is 19.4. The van der Waals surface area contributed by atoms with Crippen LogP contribution in [0.15, 0.2) is 49.1 Å². The van der Waals surface area contributed by atoms with E-state index in [0.29, 0.717) is 5.56 Å². The Morgan fingerprint density at radius 2 is 1.89 bits per heavy atom. The van der Waals surface area contributed by atoms with Crippen LogP contribution in [-0.4, -0.2) is 34.2 Å². The second-order valence-corrected chi connectivity index (χ2v) is 7.00. The Labute approximate surface area is 160 Å². The highest BCUT2D eigenvalue weighted by atomic mass is 19.1. The van der Waals surface area contributed by atoms with Crippen LogP contribution >= 0.6 is 0 Å². The SMILES string of the molecule is C[C@@H](c1cc2cnn(C)c2cc1F)c1cnc2ccc(-c3cnn(C)c3)nn12. The van der Waals surface area contributed by atoms with Crippen molar-refractivity contribution in [2.45, 2.75) is 12.8 Å². The Kier molecular flexibility index (Phi) is 3.55. The quantitative estimate of drug-likeness (QED) is 0.485. The molecule has 4 heterocycles. The zero-order valence-corrected chi connectivity index (χ0v) is 15.7. The molecule has 0 fully saturated rings. The molecule has 0 saturated heterocycles. The Morgan fingerprint density at radius 3 is 2.68 bits per heavy atom. The first-order valence-corrected chi connectivity index (χ1v) is 8.96. The first kappa shape index (κ1) is 16.6. The number of aromatic nitrogens is 7. The van der Waals surface area contributed by atoms with Crippen LogP contribution in [0.4, 0.5) is 4.39 Å². The van der Waals surface area contributed by atoms with Gasteiger partial charge < -0.3 is 0 Å². The summed E-state index contributed by atoms with van der Waals surface area (Å²) in [5, 5.41) is 14.0. The molecular weight excluding hydrogens is 357 g/mol. The second-order valence-electron chi connectivity index (χ2n) is 7.00. The van der Waals surface area contributed by atoms with Gasteiger partial charge >= 0.3 is 0 Å². The van der Waals surface area contributed by atoms with Gasteiger partial charge in [-0.25, -0.2) is 13.9 Å². The predicted octanol–water partition coefficient (Wildman–Crippen LogP) is 3.31. The third kappa shape index (κ3) is 2.49. The Morgan fingerprint density at radius 1 is 1.04 bits per heavy atom. The Balaban J connectivity index is 1.63. The first-order chi connectivity index (χ1) is 13.5. The number of hydrogen-bond acceptors (Lipinski definition) is 4. The van der Waals surface area contributed by atoms with Gasteiger partial charge in [-0.1, -0.05) is 6.92 Å². The van der Waals surface area contributed by atoms with Gasteiger partial charge in [-0.15, -0.1) is 0 Å². The van der Waals surface area contributed by atoms with Crippen LogP contribution in [0.3, 0.4) is 0 Å². The molecule has 0 bridgehead atoms. The van der Waals surface area contributed by atoms with E-state index >= 15 is 0 Å². The maximum Gasteiger partial charge on any atom is 0.153 e. The third-order valence-corrected chi connectivity index (χ3v) is 5.16. The lowest BCUT2D eigenvalue weighted by atomic mass is 9.96. The summed E-state index contributed by atoms with van der Waals surface area (Å²) in [6, 6.07) is 7.21. The molecule has 0 aliphatic rings. The van der Waals surface area contributed by atoms with Crippen LogP contribution in [0, 0.1) is 5.82 Å². The smallest absolute Gasteiger partial charge is 0.153 e. The van der Waals surface area contributed by atoms with Crippen molar-refractivity contribution in [3.63, 3.8) is 0 Å². The largest absolute Gasteiger partial charge is 0.275 e. The summed E-state index contributed by atoms with van der Waals surface area (Å²) in [5.74, 6) is -0.488. The Bertz CT molecular complexity index is 1330. The van der Waals surface area contributed by atoms with E-state index < -0.39 is 0 Å². The topological polar surface area (TPSA) is 65.8 Å². The maximum absolute atomic E-state index is 14.9. The van der Waals surface area contributed by atoms with Crippen molar-refractivity contribution in [3.8, 4) is 11.3 Å². The second kappa shape index (κ2) is 5.98. The van der Waals surface area contributed by atoms with E-state index in [2.05, 4.69) is 15.2 Å². The minimum atomic E-state index is -0.262. The molecule has 1 aromatic carbocycles. The van der Waals surface area contributed by atoms with Gasteiger partial charge in [0.05, 0.1) is 35.5 Å². The number of halogens is 1. The molecular formula is C20H18FN7. The molecule has 5 rings (SSSR count). The van der Waals surface area contributed by atoms with E-state index in [1.54, 1.807) is 39.5 Å². The van der Waals surface area contributed by atoms with Crippen molar-refractivity contribution in [2.75, 3.05) is 0 Å². The number of rotatable bonds is 3. The first-order valence-electron chi connectivity index (χ1n) is 8.96. The zero-order valence-electron chi connectivity index (χ0n) is 15.7. The monoisotopic (exact) mass is 375 g/mol. The van der Waals surface area contributed by atoms with Crippen LogP contribution in [0.2, 0.25) is 0 Å². The fourth-order valence-electron chi connectivity index (χ4n) is 3.58. The van der Waals surface area contributed by atoms with Crippen molar-refractivity contribution in [1.29, 1.82) is 0 Å². The van der Waals surface area contributed by atoms with Gasteiger partial charge in [0.2, 0.25) is 0 Å². The molecule has 0 amide bonds. The van der Waals surface area contributed by atoms with E-state index in [1.165, 1.54) is 6.07 Å². The van der Waals surface area contributed by atoms with E-state index in [4.69, 9.17) is 5.10 Å². The normalized spacial score (nSPS) is 12.9. The summed E-state index contributed by atoms with van der Waals surface area (Å²) in [6.07, 6.45) is 7.18. The molecule has 7 nitrogen and oxygen atoms in total. The van der Waals surface area contributed by atoms with Crippen LogP contribution in [0.5, 0.6) is 0 Å². The standard InChI is InChI=1S/C20H18FN7/c1-12(15-6-13-8-24-27(3)18(13)7-16(15)21)19-10-22-20-5-4-17(25-28(19)20)14-9-23-26(2)11-14/h4-12H,1-3H3/t12-/m0/s1. The van der Waals surface area contributed by atoms with Crippen molar-refractivity contribution >= 4 is 16.6 Å². The van der Waals surface area contributed by atoms with Crippen molar-refractivity contribution in [2.24, 2.45) is 14.1 Å². The molecule has 0 spiro atoms. The van der Waals surface area contributed by atoms with Crippen LogP contribution in [0.1, 0.15) is 24.1 Å². The van der Waals surface area contributed by atoms with Gasteiger partial charge in [0.1, 0.15) is 5.82 Å². The number of fused-ring (bicyclic) bond motifs is 2. The van der Waals surface area contributed by atoms with E-state index in [-0.39, 0.29) is 11.7 Å². The average Bonchev–Trinajstić information content (AvgIpc) is 3.39. The highest BCUT2D eigenvalue weighted by molar-refractivity contribution is 5.79. The molecule has 0 aliphatic carbocycles. The molecule has 0 aliphatic heterocycles. The fraction of sp³-hybridized carbons (Fsp3) is 0.200. The molecule has 0 unspecified atom stereocenters. The van der Waals surface area contributed by atoms with Crippen LogP contribution in [-0.2, 0) is 14.1 Å². The molecule has 0 radical (unpaired) electrons. The van der Waals surface area contributed by atoms with Gasteiger partial charge in [-0.3, -0.25) is 9.36 Å². The minimum Gasteiger partial charge on any atom is -0.275 e. The number of imidazole rings is 1. The highest BCUT2D eigenvalue weighted by Gasteiger charge is 2.20. The predicted molar refractivity (Wildman–Crippen MR) is 103 cm³/mol. The van der Waals surface area contributed by atoms with Crippen LogP contribution in [0.25, 0.3) is 27.8 Å². The molecule has 4 aromatic heterocycles. The lowest BCUT2D eigenvalue weighted by Crippen LogP contribution is -2.06. The van der Waals surface area contributed by atoms with Crippen LogP contribution < -0.4 is 0 Å². The molecule has 140 valence electrons. The van der Waals surface area contributed by atoms with E-state index in [1.807, 2.05) is 38.4 Å². The summed E-state index contributed by atoms with van der Waals surface area (Å²) < 4.78 is 20.0. The van der Waals surface area contributed by atoms with Gasteiger partial charge in [-0.2, -0.15) is 15.3 Å².